The Hall–Kier alpha value is -3.87. The van der Waals surface area contributed by atoms with Crippen molar-refractivity contribution < 1.29 is 18.1 Å². The molecule has 4 rings (SSSR count). The van der Waals surface area contributed by atoms with Crippen LogP contribution in [0.3, 0.4) is 0 Å². The predicted octanol–water partition coefficient (Wildman–Crippen LogP) is 4.86. The van der Waals surface area contributed by atoms with Crippen molar-refractivity contribution in [1.82, 2.24) is 10.1 Å². The molecule has 0 radical (unpaired) electrons. The third-order valence-corrected chi connectivity index (χ3v) is 4.31. The third kappa shape index (κ3) is 4.03. The van der Waals surface area contributed by atoms with Gasteiger partial charge >= 0.3 is 0 Å². The van der Waals surface area contributed by atoms with Gasteiger partial charge in [0.15, 0.2) is 0 Å². The number of hydrogen-bond donors (Lipinski definition) is 1. The second-order valence-electron chi connectivity index (χ2n) is 6.31. The molecule has 29 heavy (non-hydrogen) atoms. The van der Waals surface area contributed by atoms with Gasteiger partial charge in [0.25, 0.3) is 0 Å². The van der Waals surface area contributed by atoms with E-state index in [1.54, 1.807) is 24.5 Å². The van der Waals surface area contributed by atoms with Gasteiger partial charge in [-0.2, -0.15) is 0 Å². The van der Waals surface area contributed by atoms with Crippen molar-refractivity contribution >= 4 is 11.8 Å². The van der Waals surface area contributed by atoms with Crippen molar-refractivity contribution in [1.29, 1.82) is 0 Å². The van der Waals surface area contributed by atoms with Crippen molar-refractivity contribution in [3.63, 3.8) is 0 Å². The Bertz CT molecular complexity index is 1150. The monoisotopic (exact) mass is 391 g/mol. The van der Waals surface area contributed by atoms with E-state index in [1.807, 2.05) is 30.3 Å². The Balaban J connectivity index is 1.73. The molecule has 0 saturated carbocycles. The van der Waals surface area contributed by atoms with Crippen LogP contribution >= 0.6 is 0 Å². The van der Waals surface area contributed by atoms with E-state index < -0.39 is 11.6 Å². The first-order valence-electron chi connectivity index (χ1n) is 8.81. The second kappa shape index (κ2) is 8.02. The summed E-state index contributed by atoms with van der Waals surface area (Å²) in [5.41, 5.74) is 2.06. The van der Waals surface area contributed by atoms with Gasteiger partial charge in [0.05, 0.1) is 12.0 Å². The van der Waals surface area contributed by atoms with E-state index in [4.69, 9.17) is 4.52 Å². The van der Waals surface area contributed by atoms with E-state index in [1.165, 1.54) is 6.07 Å². The molecule has 5 nitrogen and oxygen atoms in total. The molecule has 1 N–H and O–H groups in total. The molecule has 2 aromatic carbocycles. The van der Waals surface area contributed by atoms with Crippen LogP contribution in [0.4, 0.5) is 14.7 Å². The topological polar surface area (TPSA) is 68.0 Å². The minimum Gasteiger partial charge on any atom is -0.337 e. The fourth-order valence-corrected chi connectivity index (χ4v) is 2.98. The second-order valence-corrected chi connectivity index (χ2v) is 6.31. The van der Waals surface area contributed by atoms with E-state index >= 15 is 0 Å². The lowest BCUT2D eigenvalue weighted by molar-refractivity contribution is -0.115. The Morgan fingerprint density at radius 2 is 1.76 bits per heavy atom. The van der Waals surface area contributed by atoms with Crippen LogP contribution in [0.5, 0.6) is 0 Å². The molecule has 0 atom stereocenters. The molecule has 1 amide bonds. The first-order valence-corrected chi connectivity index (χ1v) is 8.81. The third-order valence-electron chi connectivity index (χ3n) is 4.31. The van der Waals surface area contributed by atoms with Crippen molar-refractivity contribution in [2.45, 2.75) is 6.42 Å². The minimum atomic E-state index is -0.782. The Kier molecular flexibility index (Phi) is 5.11. The van der Waals surface area contributed by atoms with E-state index in [-0.39, 0.29) is 29.5 Å². The molecular weight excluding hydrogens is 376 g/mol. The quantitative estimate of drug-likeness (QED) is 0.527. The maximum absolute atomic E-state index is 14.4. The highest BCUT2D eigenvalue weighted by Gasteiger charge is 2.23. The summed E-state index contributed by atoms with van der Waals surface area (Å²) in [6.45, 7) is 0. The molecule has 4 aromatic rings. The summed E-state index contributed by atoms with van der Waals surface area (Å²) >= 11 is 0. The molecule has 0 aliphatic rings. The lowest BCUT2D eigenvalue weighted by Crippen LogP contribution is -2.14. The zero-order chi connectivity index (χ0) is 20.2. The van der Waals surface area contributed by atoms with Crippen LogP contribution < -0.4 is 5.32 Å². The number of amides is 1. The average molecular weight is 391 g/mol. The highest BCUT2D eigenvalue weighted by molar-refractivity contribution is 5.97. The fourth-order valence-electron chi connectivity index (χ4n) is 2.98. The molecule has 2 heterocycles. The maximum Gasteiger partial charge on any atom is 0.239 e. The van der Waals surface area contributed by atoms with Crippen LogP contribution in [0.2, 0.25) is 0 Å². The van der Waals surface area contributed by atoms with Gasteiger partial charge in [-0.1, -0.05) is 35.5 Å². The summed E-state index contributed by atoms with van der Waals surface area (Å²) in [5.74, 6) is -1.71. The maximum atomic E-state index is 14.4. The van der Waals surface area contributed by atoms with Crippen LogP contribution in [-0.2, 0) is 11.2 Å². The number of carbonyl (C=O) groups is 1. The average Bonchev–Trinajstić information content (AvgIpc) is 3.12. The standard InChI is InChI=1S/C22H15F2N3O2/c23-16-6-7-17(18(24)13-16)21-20(15-8-10-25-11-9-15)22(29-27-21)26-19(28)12-14-4-2-1-3-5-14/h1-11,13H,12H2,(H,26,28). The lowest BCUT2D eigenvalue weighted by Gasteiger charge is -2.07. The van der Waals surface area contributed by atoms with Crippen molar-refractivity contribution in [3.8, 4) is 22.4 Å². The smallest absolute Gasteiger partial charge is 0.239 e. The van der Waals surface area contributed by atoms with Crippen molar-refractivity contribution in [3.05, 3.63) is 90.3 Å². The largest absolute Gasteiger partial charge is 0.337 e. The number of anilines is 1. The van der Waals surface area contributed by atoms with Gasteiger partial charge in [-0.25, -0.2) is 8.78 Å². The van der Waals surface area contributed by atoms with Gasteiger partial charge in [-0.05, 0) is 35.4 Å². The molecule has 7 heteroatoms. The van der Waals surface area contributed by atoms with Crippen LogP contribution in [0, 0.1) is 11.6 Å². The van der Waals surface area contributed by atoms with E-state index in [2.05, 4.69) is 15.5 Å². The molecule has 0 bridgehead atoms. The van der Waals surface area contributed by atoms with Crippen LogP contribution in [0.25, 0.3) is 22.4 Å². The summed E-state index contributed by atoms with van der Waals surface area (Å²) in [6, 6.07) is 15.8. The fraction of sp³-hybridized carbons (Fsp3) is 0.0455. The SMILES string of the molecule is O=C(Cc1ccccc1)Nc1onc(-c2ccc(F)cc2F)c1-c1ccncc1. The number of halogens is 2. The molecule has 0 fully saturated rings. The molecule has 0 unspecified atom stereocenters. The molecule has 144 valence electrons. The normalized spacial score (nSPS) is 10.7. The summed E-state index contributed by atoms with van der Waals surface area (Å²) in [4.78, 5) is 16.5. The summed E-state index contributed by atoms with van der Waals surface area (Å²) in [7, 11) is 0. The van der Waals surface area contributed by atoms with Crippen molar-refractivity contribution in [2.24, 2.45) is 0 Å². The van der Waals surface area contributed by atoms with Crippen LogP contribution in [-0.4, -0.2) is 16.0 Å². The summed E-state index contributed by atoms with van der Waals surface area (Å²) in [6.07, 6.45) is 3.25. The first kappa shape index (κ1) is 18.5. The van der Waals surface area contributed by atoms with E-state index in [0.717, 1.165) is 17.7 Å². The molecule has 2 aromatic heterocycles. The Morgan fingerprint density at radius 1 is 1.00 bits per heavy atom. The van der Waals surface area contributed by atoms with Crippen LogP contribution in [0.15, 0.2) is 77.6 Å². The first-order chi connectivity index (χ1) is 14.1. The number of nitrogens with one attached hydrogen (secondary N) is 1. The minimum absolute atomic E-state index is 0.0607. The summed E-state index contributed by atoms with van der Waals surface area (Å²) in [5, 5.41) is 6.63. The number of aromatic nitrogens is 2. The van der Waals surface area contributed by atoms with Gasteiger partial charge in [0.1, 0.15) is 17.3 Å². The number of nitrogens with zero attached hydrogens (tertiary/aromatic N) is 2. The van der Waals surface area contributed by atoms with Gasteiger partial charge in [-0.3, -0.25) is 15.1 Å². The van der Waals surface area contributed by atoms with Crippen LogP contribution in [0.1, 0.15) is 5.56 Å². The molecule has 0 spiro atoms. The highest BCUT2D eigenvalue weighted by atomic mass is 19.1. The molecule has 0 saturated heterocycles. The zero-order valence-electron chi connectivity index (χ0n) is 15.1. The number of rotatable bonds is 5. The Morgan fingerprint density at radius 3 is 2.48 bits per heavy atom. The number of carbonyl (C=O) groups excluding carboxylic acids is 1. The molecular formula is C22H15F2N3O2. The van der Waals surface area contributed by atoms with Gasteiger partial charge in [-0.15, -0.1) is 0 Å². The zero-order valence-corrected chi connectivity index (χ0v) is 15.1. The van der Waals surface area contributed by atoms with E-state index in [9.17, 15) is 13.6 Å². The number of benzene rings is 2. The summed E-state index contributed by atoms with van der Waals surface area (Å²) < 4.78 is 33.0. The number of pyridine rings is 1. The molecule has 0 aliphatic heterocycles. The Labute approximate surface area is 165 Å². The molecule has 0 aliphatic carbocycles. The number of hydrogen-bond acceptors (Lipinski definition) is 4. The van der Waals surface area contributed by atoms with Gasteiger partial charge in [0, 0.05) is 24.0 Å². The lowest BCUT2D eigenvalue weighted by atomic mass is 10.0. The predicted molar refractivity (Wildman–Crippen MR) is 104 cm³/mol. The van der Waals surface area contributed by atoms with Crippen molar-refractivity contribution in [2.75, 3.05) is 5.32 Å². The van der Waals surface area contributed by atoms with E-state index in [0.29, 0.717) is 11.1 Å². The van der Waals surface area contributed by atoms with Gasteiger partial charge < -0.3 is 4.52 Å². The van der Waals surface area contributed by atoms with Gasteiger partial charge in [0.2, 0.25) is 11.8 Å². The highest BCUT2D eigenvalue weighted by Crippen LogP contribution is 2.38.